The van der Waals surface area contributed by atoms with Crippen LogP contribution >= 0.6 is 0 Å². The van der Waals surface area contributed by atoms with Gasteiger partial charge in [0.15, 0.2) is 11.6 Å². The summed E-state index contributed by atoms with van der Waals surface area (Å²) in [4.78, 5) is 10.4. The van der Waals surface area contributed by atoms with Crippen LogP contribution in [0.2, 0.25) is 0 Å². The van der Waals surface area contributed by atoms with E-state index in [2.05, 4.69) is 4.74 Å². The van der Waals surface area contributed by atoms with E-state index in [9.17, 15) is 18.7 Å². The van der Waals surface area contributed by atoms with Crippen molar-refractivity contribution >= 4 is 5.97 Å². The molecule has 1 aromatic rings. The molecule has 0 saturated carbocycles. The van der Waals surface area contributed by atoms with Gasteiger partial charge in [0.1, 0.15) is 0 Å². The van der Waals surface area contributed by atoms with E-state index < -0.39 is 35.9 Å². The second kappa shape index (κ2) is 4.89. The highest BCUT2D eigenvalue weighted by Crippen LogP contribution is 2.31. The second-order valence-corrected chi connectivity index (χ2v) is 3.10. The highest BCUT2D eigenvalue weighted by atomic mass is 19.2. The van der Waals surface area contributed by atoms with E-state index in [0.29, 0.717) is 0 Å². The van der Waals surface area contributed by atoms with Crippen molar-refractivity contribution in [2.24, 2.45) is 0 Å². The Morgan fingerprint density at radius 3 is 2.62 bits per heavy atom. The van der Waals surface area contributed by atoms with Gasteiger partial charge in [0, 0.05) is 5.56 Å². The van der Waals surface area contributed by atoms with Crippen LogP contribution in [0.5, 0.6) is 5.75 Å². The number of rotatable bonds is 4. The Labute approximate surface area is 90.1 Å². The number of carboxylic acid groups (broad SMARTS) is 1. The fraction of sp³-hybridized carbons (Fsp3) is 0.300. The summed E-state index contributed by atoms with van der Waals surface area (Å²) in [5, 5.41) is 17.9. The molecule has 0 bridgehead atoms. The van der Waals surface area contributed by atoms with Crippen LogP contribution < -0.4 is 4.74 Å². The topological polar surface area (TPSA) is 66.8 Å². The Morgan fingerprint density at radius 2 is 2.12 bits per heavy atom. The van der Waals surface area contributed by atoms with E-state index in [4.69, 9.17) is 5.11 Å². The highest BCUT2D eigenvalue weighted by molar-refractivity contribution is 5.68. The van der Waals surface area contributed by atoms with Crippen LogP contribution in [0.4, 0.5) is 8.78 Å². The molecule has 0 heterocycles. The van der Waals surface area contributed by atoms with Gasteiger partial charge in [0.05, 0.1) is 19.6 Å². The van der Waals surface area contributed by atoms with Gasteiger partial charge in [-0.1, -0.05) is 0 Å². The molecule has 4 nitrogen and oxygen atoms in total. The Kier molecular flexibility index (Phi) is 3.78. The van der Waals surface area contributed by atoms with E-state index in [0.717, 1.165) is 19.2 Å². The third kappa shape index (κ3) is 2.46. The summed E-state index contributed by atoms with van der Waals surface area (Å²) >= 11 is 0. The van der Waals surface area contributed by atoms with Crippen molar-refractivity contribution in [3.8, 4) is 5.75 Å². The zero-order chi connectivity index (χ0) is 12.3. The van der Waals surface area contributed by atoms with Crippen molar-refractivity contribution in [2.45, 2.75) is 12.5 Å². The smallest absolute Gasteiger partial charge is 0.306 e. The molecule has 1 atom stereocenters. The van der Waals surface area contributed by atoms with Crippen molar-refractivity contribution in [2.75, 3.05) is 7.11 Å². The number of halogens is 2. The van der Waals surface area contributed by atoms with Gasteiger partial charge in [-0.15, -0.1) is 0 Å². The number of carboxylic acids is 1. The Bertz CT molecular complexity index is 406. The zero-order valence-electron chi connectivity index (χ0n) is 8.41. The third-order valence-electron chi connectivity index (χ3n) is 2.01. The first-order chi connectivity index (χ1) is 7.47. The van der Waals surface area contributed by atoms with E-state index in [-0.39, 0.29) is 5.56 Å². The fourth-order valence-corrected chi connectivity index (χ4v) is 1.29. The Balaban J connectivity index is 3.13. The number of aliphatic hydroxyl groups excluding tert-OH is 1. The van der Waals surface area contributed by atoms with Crippen LogP contribution in [0.15, 0.2) is 12.1 Å². The molecule has 16 heavy (non-hydrogen) atoms. The van der Waals surface area contributed by atoms with E-state index in [1.807, 2.05) is 0 Å². The molecule has 0 aromatic heterocycles. The van der Waals surface area contributed by atoms with Gasteiger partial charge in [-0.2, -0.15) is 4.39 Å². The zero-order valence-corrected chi connectivity index (χ0v) is 8.41. The lowest BCUT2D eigenvalue weighted by molar-refractivity contribution is -0.139. The van der Waals surface area contributed by atoms with Gasteiger partial charge in [0.25, 0.3) is 0 Å². The van der Waals surface area contributed by atoms with Crippen LogP contribution in [0.1, 0.15) is 18.1 Å². The molecule has 0 spiro atoms. The molecular weight excluding hydrogens is 222 g/mol. The molecule has 0 aliphatic carbocycles. The van der Waals surface area contributed by atoms with Gasteiger partial charge < -0.3 is 14.9 Å². The molecule has 0 amide bonds. The monoisotopic (exact) mass is 232 g/mol. The van der Waals surface area contributed by atoms with Crippen molar-refractivity contribution in [1.29, 1.82) is 0 Å². The minimum atomic E-state index is -1.44. The summed E-state index contributed by atoms with van der Waals surface area (Å²) < 4.78 is 30.6. The second-order valence-electron chi connectivity index (χ2n) is 3.10. The molecule has 0 radical (unpaired) electrons. The lowest BCUT2D eigenvalue weighted by atomic mass is 10.1. The first-order valence-electron chi connectivity index (χ1n) is 4.39. The minimum absolute atomic E-state index is 0.0937. The van der Waals surface area contributed by atoms with Crippen LogP contribution in [-0.2, 0) is 4.79 Å². The lowest BCUT2D eigenvalue weighted by Gasteiger charge is -2.13. The number of aliphatic hydroxyl groups is 1. The van der Waals surface area contributed by atoms with Gasteiger partial charge in [-0.3, -0.25) is 4.79 Å². The maximum atomic E-state index is 13.2. The van der Waals surface area contributed by atoms with Crippen LogP contribution in [0.3, 0.4) is 0 Å². The van der Waals surface area contributed by atoms with Crippen molar-refractivity contribution in [3.63, 3.8) is 0 Å². The molecule has 0 unspecified atom stereocenters. The largest absolute Gasteiger partial charge is 0.493 e. The van der Waals surface area contributed by atoms with Crippen LogP contribution in [0, 0.1) is 11.6 Å². The quantitative estimate of drug-likeness (QED) is 0.825. The van der Waals surface area contributed by atoms with Crippen molar-refractivity contribution < 1.29 is 28.5 Å². The summed E-state index contributed by atoms with van der Waals surface area (Å²) in [5.41, 5.74) is -0.0937. The molecule has 0 aliphatic heterocycles. The summed E-state index contributed by atoms with van der Waals surface area (Å²) in [6, 6.07) is 1.89. The predicted octanol–water partition coefficient (Wildman–Crippen LogP) is 1.48. The van der Waals surface area contributed by atoms with Gasteiger partial charge in [-0.05, 0) is 12.1 Å². The maximum absolute atomic E-state index is 13.2. The predicted molar refractivity (Wildman–Crippen MR) is 50.1 cm³/mol. The first kappa shape index (κ1) is 12.4. The standard InChI is InChI=1S/C10H10F2O4/c1-16-10-5(7(13)4-8(14)15)2-3-6(11)9(10)12/h2-3,7,13H,4H2,1H3,(H,14,15)/t7-/m1/s1. The fourth-order valence-electron chi connectivity index (χ4n) is 1.29. The summed E-state index contributed by atoms with van der Waals surface area (Å²) in [6.07, 6.45) is -2.05. The van der Waals surface area contributed by atoms with E-state index in [1.165, 1.54) is 0 Å². The average molecular weight is 232 g/mol. The number of benzene rings is 1. The van der Waals surface area contributed by atoms with E-state index >= 15 is 0 Å². The normalized spacial score (nSPS) is 12.2. The SMILES string of the molecule is COc1c([C@H](O)CC(=O)O)ccc(F)c1F. The number of methoxy groups -OCH3 is 1. The number of ether oxygens (including phenoxy) is 1. The number of hydrogen-bond acceptors (Lipinski definition) is 3. The third-order valence-corrected chi connectivity index (χ3v) is 2.01. The maximum Gasteiger partial charge on any atom is 0.306 e. The molecule has 0 saturated heterocycles. The molecule has 0 aliphatic rings. The van der Waals surface area contributed by atoms with Crippen molar-refractivity contribution in [3.05, 3.63) is 29.3 Å². The first-order valence-corrected chi connectivity index (χ1v) is 4.39. The molecule has 1 rings (SSSR count). The van der Waals surface area contributed by atoms with Crippen LogP contribution in [-0.4, -0.2) is 23.3 Å². The number of carbonyl (C=O) groups is 1. The molecular formula is C10H10F2O4. The van der Waals surface area contributed by atoms with Gasteiger partial charge in [-0.25, -0.2) is 4.39 Å². The minimum Gasteiger partial charge on any atom is -0.493 e. The van der Waals surface area contributed by atoms with Gasteiger partial charge >= 0.3 is 5.97 Å². The van der Waals surface area contributed by atoms with Crippen LogP contribution in [0.25, 0.3) is 0 Å². The molecule has 88 valence electrons. The summed E-state index contributed by atoms with van der Waals surface area (Å²) in [5.74, 6) is -4.10. The highest BCUT2D eigenvalue weighted by Gasteiger charge is 2.21. The molecule has 0 fully saturated rings. The Morgan fingerprint density at radius 1 is 1.50 bits per heavy atom. The lowest BCUT2D eigenvalue weighted by Crippen LogP contribution is -2.08. The number of hydrogen-bond donors (Lipinski definition) is 2. The van der Waals surface area contributed by atoms with E-state index in [1.54, 1.807) is 0 Å². The summed E-state index contributed by atoms with van der Waals surface area (Å²) in [6.45, 7) is 0. The Hall–Kier alpha value is -1.69. The molecule has 1 aromatic carbocycles. The van der Waals surface area contributed by atoms with Gasteiger partial charge in [0.2, 0.25) is 5.82 Å². The number of aliphatic carboxylic acids is 1. The summed E-state index contributed by atoms with van der Waals surface area (Å²) in [7, 11) is 1.11. The van der Waals surface area contributed by atoms with Crippen molar-refractivity contribution in [1.82, 2.24) is 0 Å². The average Bonchev–Trinajstić information content (AvgIpc) is 2.20. The molecule has 2 N–H and O–H groups in total. The molecule has 6 heteroatoms.